The Morgan fingerprint density at radius 1 is 1.16 bits per heavy atom. The van der Waals surface area contributed by atoms with E-state index in [1.54, 1.807) is 6.07 Å². The van der Waals surface area contributed by atoms with Crippen LogP contribution in [0.5, 0.6) is 5.75 Å². The van der Waals surface area contributed by atoms with Gasteiger partial charge < -0.3 is 15.0 Å². The second-order valence-electron chi connectivity index (χ2n) is 8.14. The number of fused-ring (bicyclic) bond motifs is 6. The van der Waals surface area contributed by atoms with E-state index in [-0.39, 0.29) is 18.1 Å². The largest absolute Gasteiger partial charge is 0.489 e. The van der Waals surface area contributed by atoms with E-state index in [4.69, 9.17) is 16.3 Å². The molecule has 4 aliphatic heterocycles. The average molecular weight is 361 g/mol. The Bertz CT molecular complexity index is 699. The Morgan fingerprint density at radius 3 is 2.72 bits per heavy atom. The molecule has 2 bridgehead atoms. The van der Waals surface area contributed by atoms with Crippen molar-refractivity contribution in [2.75, 3.05) is 19.6 Å². The Labute approximate surface area is 153 Å². The number of piperidine rings is 3. The number of hydrogen-bond acceptors (Lipinski definition) is 3. The number of nitrogens with zero attached hydrogens (tertiary/aromatic N) is 1. The highest BCUT2D eigenvalue weighted by Crippen LogP contribution is 2.48. The van der Waals surface area contributed by atoms with Crippen molar-refractivity contribution in [2.24, 2.45) is 5.92 Å². The SMILES string of the molecule is O=C(N[C@H]1CN2CCC1CC2)c1cc(Cl)cc2c1O[C@@H]1CCCC[C@H]21. The molecule has 1 aromatic rings. The predicted molar refractivity (Wildman–Crippen MR) is 97.5 cm³/mol. The fourth-order valence-corrected chi connectivity index (χ4v) is 5.54. The molecule has 6 rings (SSSR count). The van der Waals surface area contributed by atoms with Crippen molar-refractivity contribution in [3.8, 4) is 5.75 Å². The van der Waals surface area contributed by atoms with E-state index < -0.39 is 0 Å². The topological polar surface area (TPSA) is 41.6 Å². The molecule has 4 nitrogen and oxygen atoms in total. The number of hydrogen-bond donors (Lipinski definition) is 1. The lowest BCUT2D eigenvalue weighted by Gasteiger charge is -2.44. The summed E-state index contributed by atoms with van der Waals surface area (Å²) >= 11 is 6.37. The highest BCUT2D eigenvalue weighted by atomic mass is 35.5. The predicted octanol–water partition coefficient (Wildman–Crippen LogP) is 3.58. The summed E-state index contributed by atoms with van der Waals surface area (Å²) in [6.07, 6.45) is 7.28. The summed E-state index contributed by atoms with van der Waals surface area (Å²) in [6, 6.07) is 4.06. The van der Waals surface area contributed by atoms with Crippen molar-refractivity contribution in [3.63, 3.8) is 0 Å². The first kappa shape index (κ1) is 16.0. The number of halogens is 1. The molecule has 1 aromatic carbocycles. The van der Waals surface area contributed by atoms with Crippen molar-refractivity contribution in [1.29, 1.82) is 0 Å². The van der Waals surface area contributed by atoms with Gasteiger partial charge in [-0.3, -0.25) is 4.79 Å². The van der Waals surface area contributed by atoms with Gasteiger partial charge in [0.25, 0.3) is 5.91 Å². The number of carbonyl (C=O) groups is 1. The minimum Gasteiger partial charge on any atom is -0.489 e. The van der Waals surface area contributed by atoms with Crippen molar-refractivity contribution in [2.45, 2.75) is 56.6 Å². The molecule has 134 valence electrons. The monoisotopic (exact) mass is 360 g/mol. The highest BCUT2D eigenvalue weighted by Gasteiger charge is 2.40. The maximum atomic E-state index is 13.0. The molecule has 0 radical (unpaired) electrons. The van der Waals surface area contributed by atoms with Crippen LogP contribution in [0, 0.1) is 5.92 Å². The summed E-state index contributed by atoms with van der Waals surface area (Å²) in [5.74, 6) is 1.80. The molecule has 1 N–H and O–H groups in total. The second kappa shape index (κ2) is 6.17. The van der Waals surface area contributed by atoms with Crippen LogP contribution in [-0.4, -0.2) is 42.6 Å². The summed E-state index contributed by atoms with van der Waals surface area (Å²) in [5, 5.41) is 3.93. The number of benzene rings is 1. The van der Waals surface area contributed by atoms with Crippen LogP contribution in [0.15, 0.2) is 12.1 Å². The summed E-state index contributed by atoms with van der Waals surface area (Å²) in [6.45, 7) is 3.33. The summed E-state index contributed by atoms with van der Waals surface area (Å²) < 4.78 is 6.24. The molecule has 0 spiro atoms. The number of carbonyl (C=O) groups excluding carboxylic acids is 1. The van der Waals surface area contributed by atoms with Gasteiger partial charge in [0, 0.05) is 29.1 Å². The van der Waals surface area contributed by atoms with Gasteiger partial charge in [0.1, 0.15) is 11.9 Å². The van der Waals surface area contributed by atoms with Crippen LogP contribution in [0.4, 0.5) is 0 Å². The van der Waals surface area contributed by atoms with Crippen molar-refractivity contribution in [1.82, 2.24) is 10.2 Å². The van der Waals surface area contributed by atoms with Crippen LogP contribution in [0.25, 0.3) is 0 Å². The fourth-order valence-electron chi connectivity index (χ4n) is 5.31. The van der Waals surface area contributed by atoms with E-state index in [0.29, 0.717) is 22.4 Å². The zero-order valence-corrected chi connectivity index (χ0v) is 15.2. The molecule has 1 aliphatic carbocycles. The van der Waals surface area contributed by atoms with Gasteiger partial charge in [-0.15, -0.1) is 0 Å². The molecule has 4 fully saturated rings. The lowest BCUT2D eigenvalue weighted by molar-refractivity contribution is 0.0617. The number of ether oxygens (including phenoxy) is 1. The van der Waals surface area contributed by atoms with Gasteiger partial charge in [0.2, 0.25) is 0 Å². The van der Waals surface area contributed by atoms with Crippen molar-refractivity contribution >= 4 is 17.5 Å². The minimum absolute atomic E-state index is 0.0175. The Kier molecular flexibility index (Phi) is 3.94. The van der Waals surface area contributed by atoms with Crippen LogP contribution in [0.1, 0.15) is 60.4 Å². The minimum atomic E-state index is -0.0175. The molecule has 1 amide bonds. The summed E-state index contributed by atoms with van der Waals surface area (Å²) in [4.78, 5) is 15.5. The average Bonchev–Trinajstić information content (AvgIpc) is 3.00. The van der Waals surface area contributed by atoms with Crippen molar-refractivity contribution in [3.05, 3.63) is 28.3 Å². The Balaban J connectivity index is 1.41. The molecule has 5 aliphatic rings. The van der Waals surface area contributed by atoms with Gasteiger partial charge in [-0.1, -0.05) is 18.0 Å². The lowest BCUT2D eigenvalue weighted by atomic mass is 9.82. The van der Waals surface area contributed by atoms with E-state index in [0.717, 1.165) is 30.7 Å². The molecule has 3 saturated heterocycles. The number of nitrogens with one attached hydrogen (secondary N) is 1. The molecule has 1 saturated carbocycles. The van der Waals surface area contributed by atoms with Crippen LogP contribution < -0.4 is 10.1 Å². The third kappa shape index (κ3) is 2.74. The number of rotatable bonds is 2. The van der Waals surface area contributed by atoms with E-state index in [1.165, 1.54) is 38.8 Å². The van der Waals surface area contributed by atoms with Crippen LogP contribution in [-0.2, 0) is 0 Å². The van der Waals surface area contributed by atoms with Gasteiger partial charge in [-0.05, 0) is 63.2 Å². The van der Waals surface area contributed by atoms with Gasteiger partial charge in [-0.2, -0.15) is 0 Å². The smallest absolute Gasteiger partial charge is 0.255 e. The maximum absolute atomic E-state index is 13.0. The summed E-state index contributed by atoms with van der Waals surface area (Å²) in [7, 11) is 0. The van der Waals surface area contributed by atoms with Gasteiger partial charge >= 0.3 is 0 Å². The van der Waals surface area contributed by atoms with E-state index in [2.05, 4.69) is 10.2 Å². The van der Waals surface area contributed by atoms with Gasteiger partial charge in [-0.25, -0.2) is 0 Å². The van der Waals surface area contributed by atoms with Gasteiger partial charge in [0.05, 0.1) is 5.56 Å². The first-order valence-corrected chi connectivity index (χ1v) is 10.1. The molecule has 3 atom stereocenters. The molecule has 4 heterocycles. The zero-order chi connectivity index (χ0) is 17.0. The van der Waals surface area contributed by atoms with Gasteiger partial charge in [0.15, 0.2) is 0 Å². The lowest BCUT2D eigenvalue weighted by Crippen LogP contribution is -2.57. The van der Waals surface area contributed by atoms with Crippen molar-refractivity contribution < 1.29 is 9.53 Å². The quantitative estimate of drug-likeness (QED) is 0.876. The first-order valence-electron chi connectivity index (χ1n) is 9.72. The zero-order valence-electron chi connectivity index (χ0n) is 14.5. The van der Waals surface area contributed by atoms with Crippen LogP contribution in [0.3, 0.4) is 0 Å². The highest BCUT2D eigenvalue weighted by molar-refractivity contribution is 6.31. The third-order valence-corrected chi connectivity index (χ3v) is 6.89. The fraction of sp³-hybridized carbons (Fsp3) is 0.650. The second-order valence-corrected chi connectivity index (χ2v) is 8.57. The maximum Gasteiger partial charge on any atom is 0.255 e. The molecular formula is C20H25ClN2O2. The molecule has 0 aromatic heterocycles. The Hall–Kier alpha value is -1.26. The normalized spacial score (nSPS) is 35.6. The molecular weight excluding hydrogens is 336 g/mol. The Morgan fingerprint density at radius 2 is 1.96 bits per heavy atom. The standard InChI is InChI=1S/C20H25ClN2O2/c21-13-9-15-14-3-1-2-4-18(14)25-19(15)16(10-13)20(24)22-17-11-23-7-5-12(17)6-8-23/h9-10,12,14,17-18H,1-8,11H2,(H,22,24)/t14-,17+,18-/m1/s1. The van der Waals surface area contributed by atoms with E-state index in [9.17, 15) is 4.79 Å². The van der Waals surface area contributed by atoms with E-state index in [1.807, 2.05) is 6.07 Å². The molecule has 25 heavy (non-hydrogen) atoms. The van der Waals surface area contributed by atoms with E-state index >= 15 is 0 Å². The molecule has 5 heteroatoms. The van der Waals surface area contributed by atoms with Crippen LogP contribution >= 0.6 is 11.6 Å². The third-order valence-electron chi connectivity index (χ3n) is 6.67. The summed E-state index contributed by atoms with van der Waals surface area (Å²) in [5.41, 5.74) is 1.78. The number of amides is 1. The molecule has 0 unspecified atom stereocenters. The first-order chi connectivity index (χ1) is 12.2. The van der Waals surface area contributed by atoms with Crippen LogP contribution in [0.2, 0.25) is 5.02 Å².